The smallest absolute Gasteiger partial charge is 0.0488 e. The minimum Gasteiger partial charge on any atom is -0.344 e. The van der Waals surface area contributed by atoms with E-state index in [4.69, 9.17) is 0 Å². The molecule has 0 saturated carbocycles. The van der Waals surface area contributed by atoms with Crippen molar-refractivity contribution in [2.45, 2.75) is 0 Å². The molecule has 0 amide bonds. The third-order valence-corrected chi connectivity index (χ3v) is 5.06. The van der Waals surface area contributed by atoms with Crippen LogP contribution in [0.3, 0.4) is 0 Å². The molecule has 0 atom stereocenters. The summed E-state index contributed by atoms with van der Waals surface area (Å²) in [7, 11) is 2.13. The van der Waals surface area contributed by atoms with E-state index in [1.807, 2.05) is 18.2 Å². The zero-order valence-corrected chi connectivity index (χ0v) is 17.9. The number of benzene rings is 4. The van der Waals surface area contributed by atoms with Crippen molar-refractivity contribution in [3.05, 3.63) is 97.1 Å². The Labute approximate surface area is 184 Å². The monoisotopic (exact) mass is 420 g/mol. The van der Waals surface area contributed by atoms with Crippen LogP contribution in [0.5, 0.6) is 0 Å². The average Bonchev–Trinajstić information content (AvgIpc) is 3.01. The van der Waals surface area contributed by atoms with Gasteiger partial charge < -0.3 is 4.57 Å². The number of hydrogen-bond donors (Lipinski definition) is 0. The molecule has 27 heavy (non-hydrogen) atoms. The Kier molecular flexibility index (Phi) is 4.99. The third kappa shape index (κ3) is 3.16. The summed E-state index contributed by atoms with van der Waals surface area (Å²) in [5.41, 5.74) is 7.06. The second kappa shape index (κ2) is 7.42. The van der Waals surface area contributed by atoms with Gasteiger partial charge in [0.2, 0.25) is 0 Å². The molecule has 2 heteroatoms. The molecule has 5 aromatic rings. The molecule has 0 aliphatic heterocycles. The fourth-order valence-electron chi connectivity index (χ4n) is 3.68. The van der Waals surface area contributed by atoms with E-state index in [-0.39, 0.29) is 32.7 Å². The number of aromatic nitrogens is 1. The van der Waals surface area contributed by atoms with Crippen LogP contribution >= 0.6 is 0 Å². The van der Waals surface area contributed by atoms with Crippen LogP contribution in [0.4, 0.5) is 0 Å². The summed E-state index contributed by atoms with van der Waals surface area (Å²) in [6.07, 6.45) is 0. The number of rotatable bonds is 2. The van der Waals surface area contributed by atoms with Gasteiger partial charge in [-0.3, -0.25) is 0 Å². The van der Waals surface area contributed by atoms with Crippen LogP contribution in [0, 0.1) is 12.1 Å². The van der Waals surface area contributed by atoms with Gasteiger partial charge in [-0.15, -0.1) is 23.8 Å². The molecular formula is C25H17NY-2. The summed E-state index contributed by atoms with van der Waals surface area (Å²) in [6.45, 7) is 0. The summed E-state index contributed by atoms with van der Waals surface area (Å²) in [5, 5.41) is 2.59. The number of hydrogen-bond acceptors (Lipinski definition) is 0. The first-order valence-electron chi connectivity index (χ1n) is 8.78. The number of nitrogens with zero attached hydrogens (tertiary/aromatic N) is 1. The summed E-state index contributed by atoms with van der Waals surface area (Å²) in [4.78, 5) is 0. The van der Waals surface area contributed by atoms with Crippen molar-refractivity contribution in [1.82, 2.24) is 4.57 Å². The van der Waals surface area contributed by atoms with Crippen molar-refractivity contribution in [1.29, 1.82) is 0 Å². The molecule has 1 nitrogen and oxygen atoms in total. The van der Waals surface area contributed by atoms with Gasteiger partial charge in [0.15, 0.2) is 0 Å². The van der Waals surface area contributed by atoms with E-state index < -0.39 is 0 Å². The third-order valence-electron chi connectivity index (χ3n) is 5.06. The molecule has 0 unspecified atom stereocenters. The maximum atomic E-state index is 3.41. The predicted molar refractivity (Wildman–Crippen MR) is 109 cm³/mol. The van der Waals surface area contributed by atoms with Gasteiger partial charge in [-0.1, -0.05) is 35.9 Å². The topological polar surface area (TPSA) is 4.93 Å². The molecule has 0 fully saturated rings. The normalized spacial score (nSPS) is 10.9. The van der Waals surface area contributed by atoms with Crippen LogP contribution in [-0.4, -0.2) is 4.57 Å². The number of para-hydroxylation sites is 1. The zero-order chi connectivity index (χ0) is 17.5. The minimum atomic E-state index is 0. The Morgan fingerprint density at radius 2 is 1.41 bits per heavy atom. The van der Waals surface area contributed by atoms with Crippen molar-refractivity contribution < 1.29 is 32.7 Å². The average molecular weight is 420 g/mol. The first-order chi connectivity index (χ1) is 12.8. The van der Waals surface area contributed by atoms with E-state index in [9.17, 15) is 0 Å². The molecule has 0 bridgehead atoms. The summed E-state index contributed by atoms with van der Waals surface area (Å²) >= 11 is 0. The predicted octanol–water partition coefficient (Wildman–Crippen LogP) is 6.26. The van der Waals surface area contributed by atoms with E-state index in [1.54, 1.807) is 0 Å². The molecule has 0 spiro atoms. The van der Waals surface area contributed by atoms with Crippen molar-refractivity contribution in [2.75, 3.05) is 0 Å². The molecule has 4 aromatic carbocycles. The van der Waals surface area contributed by atoms with Crippen LogP contribution in [-0.2, 0) is 39.8 Å². The Morgan fingerprint density at radius 3 is 2.19 bits per heavy atom. The van der Waals surface area contributed by atoms with Gasteiger partial charge in [-0.2, -0.15) is 36.4 Å². The van der Waals surface area contributed by atoms with Crippen molar-refractivity contribution in [3.63, 3.8) is 0 Å². The Hall–Kier alpha value is -2.22. The first kappa shape index (κ1) is 18.2. The Balaban J connectivity index is 0.00000180. The van der Waals surface area contributed by atoms with Gasteiger partial charge in [0.25, 0.3) is 0 Å². The quantitative estimate of drug-likeness (QED) is 0.297. The molecular weight excluding hydrogens is 403 g/mol. The molecule has 1 radical (unpaired) electrons. The molecule has 1 heterocycles. The van der Waals surface area contributed by atoms with E-state index in [0.717, 1.165) is 11.1 Å². The maximum absolute atomic E-state index is 3.41. The molecule has 0 N–H and O–H groups in total. The second-order valence-electron chi connectivity index (χ2n) is 6.58. The van der Waals surface area contributed by atoms with E-state index in [0.29, 0.717) is 0 Å². The van der Waals surface area contributed by atoms with Crippen LogP contribution in [0.15, 0.2) is 84.9 Å². The minimum absolute atomic E-state index is 0. The van der Waals surface area contributed by atoms with E-state index >= 15 is 0 Å². The van der Waals surface area contributed by atoms with Crippen molar-refractivity contribution >= 4 is 21.8 Å². The fraction of sp³-hybridized carbons (Fsp3) is 0.0400. The molecule has 5 rings (SSSR count). The van der Waals surface area contributed by atoms with Crippen molar-refractivity contribution in [2.24, 2.45) is 7.05 Å². The fourth-order valence-corrected chi connectivity index (χ4v) is 3.68. The van der Waals surface area contributed by atoms with Gasteiger partial charge >= 0.3 is 0 Å². The molecule has 1 aromatic heterocycles. The van der Waals surface area contributed by atoms with Gasteiger partial charge in [-0.25, -0.2) is 11.1 Å². The van der Waals surface area contributed by atoms with Gasteiger partial charge in [-0.05, 0) is 12.1 Å². The zero-order valence-electron chi connectivity index (χ0n) is 15.1. The molecule has 0 aliphatic rings. The van der Waals surface area contributed by atoms with Crippen LogP contribution < -0.4 is 0 Å². The largest absolute Gasteiger partial charge is 0.344 e. The SMILES string of the molecule is Cn1c2ccccc2c2cc(-c3c[c-]c(-c4[c-]cccc4)cc3)ccc21.[Y]. The van der Waals surface area contributed by atoms with Crippen LogP contribution in [0.2, 0.25) is 0 Å². The van der Waals surface area contributed by atoms with E-state index in [1.165, 1.54) is 32.9 Å². The molecule has 0 aliphatic carbocycles. The molecule has 127 valence electrons. The summed E-state index contributed by atoms with van der Waals surface area (Å²) in [5.74, 6) is 0. The van der Waals surface area contributed by atoms with Gasteiger partial charge in [0.05, 0.1) is 0 Å². The van der Waals surface area contributed by atoms with Gasteiger partial charge in [0.1, 0.15) is 0 Å². The Bertz CT molecular complexity index is 1220. The second-order valence-corrected chi connectivity index (χ2v) is 6.58. The Morgan fingerprint density at radius 1 is 0.667 bits per heavy atom. The maximum Gasteiger partial charge on any atom is 0.0488 e. The van der Waals surface area contributed by atoms with Crippen LogP contribution in [0.1, 0.15) is 0 Å². The van der Waals surface area contributed by atoms with Crippen molar-refractivity contribution in [3.8, 4) is 22.3 Å². The molecule has 0 saturated heterocycles. The van der Waals surface area contributed by atoms with Crippen LogP contribution in [0.25, 0.3) is 44.1 Å². The van der Waals surface area contributed by atoms with E-state index in [2.05, 4.69) is 90.5 Å². The standard InChI is InChI=1S/C25H17N.Y/c1-26-24-10-6-5-9-22(24)23-17-21(15-16-25(23)26)20-13-11-19(12-14-20)18-7-3-2-4-8-18;/h2-7,9-11,13-17H,1H3;/q-2;. The number of fused-ring (bicyclic) bond motifs is 3. The number of aryl methyl sites for hydroxylation is 1. The first-order valence-corrected chi connectivity index (χ1v) is 8.78. The summed E-state index contributed by atoms with van der Waals surface area (Å²) < 4.78 is 2.26. The van der Waals surface area contributed by atoms with Gasteiger partial charge in [0, 0.05) is 61.6 Å². The summed E-state index contributed by atoms with van der Waals surface area (Å²) in [6, 6.07) is 36.3.